The van der Waals surface area contributed by atoms with E-state index in [1.165, 1.54) is 105 Å². The van der Waals surface area contributed by atoms with Crippen LogP contribution in [0.15, 0.2) is 181 Å². The number of allylic oxidation sites excluding steroid dienone is 7. The molecule has 11 rings (SSSR count). The Morgan fingerprint density at radius 2 is 1.09 bits per heavy atom. The lowest BCUT2D eigenvalue weighted by Crippen LogP contribution is -2.18. The molecule has 7 aromatic rings. The number of fused-ring (bicyclic) bond motifs is 4. The molecule has 0 N–H and O–H groups in total. The van der Waals surface area contributed by atoms with E-state index in [-0.39, 0.29) is 5.41 Å². The summed E-state index contributed by atoms with van der Waals surface area (Å²) in [5.74, 6) is 0.374. The standard InChI is InChI=1S/C53H38/c1-53(2)49-31-41(33-13-17-36(18-14-33)44-12-6-8-35-7-3-4-11-43(35)44)25-28-46(49)47-29-26-42(32-50(47)53)34-15-19-37(20-16-34)45-27-23-40-22-21-38-9-5-10-39-24-30-48(45)52(40)51(38)39/h3-29,31-32,51H,30H2,1-2H3. The zero-order chi connectivity index (χ0) is 35.3. The van der Waals surface area contributed by atoms with Crippen LogP contribution in [0.2, 0.25) is 0 Å². The van der Waals surface area contributed by atoms with Crippen molar-refractivity contribution in [3.8, 4) is 55.6 Å². The molecule has 4 aliphatic rings. The van der Waals surface area contributed by atoms with Gasteiger partial charge in [0.1, 0.15) is 0 Å². The third-order valence-electron chi connectivity index (χ3n) is 12.4. The Bertz CT molecular complexity index is 2790. The zero-order valence-corrected chi connectivity index (χ0v) is 30.0. The van der Waals surface area contributed by atoms with Crippen LogP contribution >= 0.6 is 0 Å². The molecule has 0 saturated carbocycles. The van der Waals surface area contributed by atoms with Gasteiger partial charge in [-0.05, 0) is 124 Å². The molecule has 0 nitrogen and oxygen atoms in total. The maximum Gasteiger partial charge on any atom is 0.0345 e. The van der Waals surface area contributed by atoms with Gasteiger partial charge in [0.05, 0.1) is 0 Å². The van der Waals surface area contributed by atoms with Crippen molar-refractivity contribution >= 4 is 16.8 Å². The van der Waals surface area contributed by atoms with Crippen molar-refractivity contribution in [3.63, 3.8) is 0 Å². The van der Waals surface area contributed by atoms with Gasteiger partial charge in [0.25, 0.3) is 0 Å². The molecule has 0 amide bonds. The predicted molar refractivity (Wildman–Crippen MR) is 224 cm³/mol. The third kappa shape index (κ3) is 4.62. The first-order valence-electron chi connectivity index (χ1n) is 18.9. The van der Waals surface area contributed by atoms with Gasteiger partial charge in [0.15, 0.2) is 0 Å². The van der Waals surface area contributed by atoms with Gasteiger partial charge in [0, 0.05) is 11.3 Å². The molecule has 0 saturated heterocycles. The van der Waals surface area contributed by atoms with Crippen LogP contribution in [0.5, 0.6) is 0 Å². The molecule has 0 fully saturated rings. The maximum atomic E-state index is 2.44. The van der Waals surface area contributed by atoms with Gasteiger partial charge < -0.3 is 0 Å². The average molecular weight is 675 g/mol. The van der Waals surface area contributed by atoms with Crippen molar-refractivity contribution in [1.29, 1.82) is 0 Å². The van der Waals surface area contributed by atoms with Crippen molar-refractivity contribution in [2.75, 3.05) is 0 Å². The molecule has 1 unspecified atom stereocenters. The van der Waals surface area contributed by atoms with E-state index in [0.717, 1.165) is 6.42 Å². The van der Waals surface area contributed by atoms with Gasteiger partial charge in [-0.2, -0.15) is 0 Å². The largest absolute Gasteiger partial charge is 0.0759 e. The van der Waals surface area contributed by atoms with Gasteiger partial charge in [-0.1, -0.05) is 178 Å². The Morgan fingerprint density at radius 1 is 0.491 bits per heavy atom. The molecule has 0 heteroatoms. The fraction of sp³-hybridized carbons (Fsp3) is 0.0943. The van der Waals surface area contributed by atoms with E-state index in [9.17, 15) is 0 Å². The molecule has 0 spiro atoms. The van der Waals surface area contributed by atoms with Crippen molar-refractivity contribution in [2.45, 2.75) is 31.6 Å². The van der Waals surface area contributed by atoms with Crippen LogP contribution < -0.4 is 0 Å². The number of rotatable bonds is 4. The van der Waals surface area contributed by atoms with Gasteiger partial charge >= 0.3 is 0 Å². The van der Waals surface area contributed by atoms with Crippen LogP contribution in [0.25, 0.3) is 72.5 Å². The fourth-order valence-corrected chi connectivity index (χ4v) is 9.65. The summed E-state index contributed by atoms with van der Waals surface area (Å²) in [7, 11) is 0. The van der Waals surface area contributed by atoms with Gasteiger partial charge in [0.2, 0.25) is 0 Å². The summed E-state index contributed by atoms with van der Waals surface area (Å²) in [6.07, 6.45) is 14.8. The fourth-order valence-electron chi connectivity index (χ4n) is 9.65. The molecule has 53 heavy (non-hydrogen) atoms. The maximum absolute atomic E-state index is 2.44. The minimum Gasteiger partial charge on any atom is -0.0759 e. The number of hydrogen-bond donors (Lipinski definition) is 0. The normalized spacial score (nSPS) is 16.8. The number of hydrogen-bond acceptors (Lipinski definition) is 0. The molecular weight excluding hydrogens is 637 g/mol. The summed E-state index contributed by atoms with van der Waals surface area (Å²) in [5.41, 5.74) is 22.8. The van der Waals surface area contributed by atoms with Gasteiger partial charge in [-0.3, -0.25) is 0 Å². The molecule has 0 aromatic heterocycles. The molecule has 0 aliphatic heterocycles. The molecule has 250 valence electrons. The monoisotopic (exact) mass is 674 g/mol. The molecule has 1 atom stereocenters. The van der Waals surface area contributed by atoms with Crippen molar-refractivity contribution in [2.24, 2.45) is 0 Å². The molecule has 4 aliphatic carbocycles. The summed E-state index contributed by atoms with van der Waals surface area (Å²) in [6.45, 7) is 4.77. The highest BCUT2D eigenvalue weighted by atomic mass is 14.4. The van der Waals surface area contributed by atoms with E-state index in [4.69, 9.17) is 0 Å². The summed E-state index contributed by atoms with van der Waals surface area (Å²) in [4.78, 5) is 0. The second-order valence-electron chi connectivity index (χ2n) is 15.6. The third-order valence-corrected chi connectivity index (χ3v) is 12.4. The van der Waals surface area contributed by atoms with E-state index in [2.05, 4.69) is 190 Å². The lowest BCUT2D eigenvalue weighted by molar-refractivity contribution is 0.661. The van der Waals surface area contributed by atoms with Crippen LogP contribution in [0, 0.1) is 0 Å². The molecule has 0 heterocycles. The average Bonchev–Trinajstić information content (AvgIpc) is 3.44. The summed E-state index contributed by atoms with van der Waals surface area (Å²) in [6, 6.07) is 52.4. The lowest BCUT2D eigenvalue weighted by atomic mass is 9.70. The minimum atomic E-state index is -0.103. The summed E-state index contributed by atoms with van der Waals surface area (Å²) < 4.78 is 0. The first kappa shape index (κ1) is 30.4. The summed E-state index contributed by atoms with van der Waals surface area (Å²) in [5, 5.41) is 2.57. The van der Waals surface area contributed by atoms with Crippen molar-refractivity contribution in [1.82, 2.24) is 0 Å². The SMILES string of the molecule is CC1(C)c2cc(-c3ccc(-c4ccc5c6c4CC=C4C=CC=C(C=C5)C46)cc3)ccc2-c2ccc(-c3ccc(-c4cccc5ccccc45)cc3)cc21. The van der Waals surface area contributed by atoms with Gasteiger partial charge in [-0.15, -0.1) is 0 Å². The summed E-state index contributed by atoms with van der Waals surface area (Å²) >= 11 is 0. The first-order valence-corrected chi connectivity index (χ1v) is 18.9. The van der Waals surface area contributed by atoms with E-state index in [0.29, 0.717) is 5.92 Å². The Balaban J connectivity index is 0.890. The quantitative estimate of drug-likeness (QED) is 0.174. The smallest absolute Gasteiger partial charge is 0.0345 e. The van der Waals surface area contributed by atoms with Crippen molar-refractivity contribution < 1.29 is 0 Å². The topological polar surface area (TPSA) is 0 Å². The van der Waals surface area contributed by atoms with E-state index >= 15 is 0 Å². The van der Waals surface area contributed by atoms with E-state index in [1.807, 2.05) is 0 Å². The minimum absolute atomic E-state index is 0.103. The molecule has 0 bridgehead atoms. The van der Waals surface area contributed by atoms with E-state index < -0.39 is 0 Å². The highest BCUT2D eigenvalue weighted by molar-refractivity contribution is 5.97. The second kappa shape index (κ2) is 11.4. The number of benzene rings is 7. The van der Waals surface area contributed by atoms with Crippen molar-refractivity contribution in [3.05, 3.63) is 209 Å². The van der Waals surface area contributed by atoms with Crippen LogP contribution in [-0.2, 0) is 11.8 Å². The van der Waals surface area contributed by atoms with Crippen LogP contribution in [-0.4, -0.2) is 0 Å². The highest BCUT2D eigenvalue weighted by Crippen LogP contribution is 2.51. The molecule has 0 radical (unpaired) electrons. The molecular formula is C53H38. The Labute approximate surface area is 311 Å². The zero-order valence-electron chi connectivity index (χ0n) is 30.0. The predicted octanol–water partition coefficient (Wildman–Crippen LogP) is 13.9. The molecule has 7 aromatic carbocycles. The Morgan fingerprint density at radius 3 is 1.81 bits per heavy atom. The Hall–Kier alpha value is -6.24. The highest BCUT2D eigenvalue weighted by Gasteiger charge is 2.36. The second-order valence-corrected chi connectivity index (χ2v) is 15.6. The lowest BCUT2D eigenvalue weighted by Gasteiger charge is -2.34. The van der Waals surface area contributed by atoms with E-state index in [1.54, 1.807) is 0 Å². The van der Waals surface area contributed by atoms with Crippen LogP contribution in [0.3, 0.4) is 0 Å². The van der Waals surface area contributed by atoms with Crippen LogP contribution in [0.4, 0.5) is 0 Å². The first-order chi connectivity index (χ1) is 26.0. The van der Waals surface area contributed by atoms with Gasteiger partial charge in [-0.25, -0.2) is 0 Å². The van der Waals surface area contributed by atoms with Crippen LogP contribution in [0.1, 0.15) is 47.6 Å². The Kier molecular flexibility index (Phi) is 6.53.